The molecule has 0 bridgehead atoms. The maximum atomic E-state index is 6.00. The van der Waals surface area contributed by atoms with Crippen molar-refractivity contribution in [3.05, 3.63) is 53.8 Å². The largest absolute Gasteiger partial charge is 0.270 e. The summed E-state index contributed by atoms with van der Waals surface area (Å²) in [6, 6.07) is 11.6. The van der Waals surface area contributed by atoms with E-state index in [9.17, 15) is 0 Å². The predicted octanol–water partition coefficient (Wildman–Crippen LogP) is 4.48. The Kier molecular flexibility index (Phi) is 4.45. The summed E-state index contributed by atoms with van der Waals surface area (Å²) in [6.45, 7) is 4.27. The van der Waals surface area contributed by atoms with E-state index in [0.717, 1.165) is 22.2 Å². The molecule has 2 heterocycles. The van der Waals surface area contributed by atoms with E-state index in [-0.39, 0.29) is 0 Å². The summed E-state index contributed by atoms with van der Waals surface area (Å²) in [4.78, 5) is 4.06. The van der Waals surface area contributed by atoms with Gasteiger partial charge in [-0.1, -0.05) is 37.2 Å². The van der Waals surface area contributed by atoms with Crippen LogP contribution in [0.4, 0.5) is 0 Å². The van der Waals surface area contributed by atoms with Crippen molar-refractivity contribution >= 4 is 23.4 Å². The molecule has 0 N–H and O–H groups in total. The van der Waals surface area contributed by atoms with Crippen LogP contribution in [0.5, 0.6) is 0 Å². The SMILES string of the molecule is CC(C)Sc1nnc(-c2ccncc2)n1-c1ccc(Cl)cc1. The van der Waals surface area contributed by atoms with Gasteiger partial charge in [-0.15, -0.1) is 10.2 Å². The molecule has 1 aromatic carbocycles. The zero-order chi connectivity index (χ0) is 15.5. The number of benzene rings is 1. The third-order valence-electron chi connectivity index (χ3n) is 3.00. The smallest absolute Gasteiger partial charge is 0.196 e. The lowest BCUT2D eigenvalue weighted by atomic mass is 10.2. The topological polar surface area (TPSA) is 43.6 Å². The quantitative estimate of drug-likeness (QED) is 0.661. The molecule has 0 saturated heterocycles. The molecule has 3 aromatic rings. The first-order chi connectivity index (χ1) is 10.6. The molecular weight excluding hydrogens is 316 g/mol. The Morgan fingerprint density at radius 1 is 1.00 bits per heavy atom. The lowest BCUT2D eigenvalue weighted by molar-refractivity contribution is 0.879. The van der Waals surface area contributed by atoms with Gasteiger partial charge in [-0.3, -0.25) is 9.55 Å². The van der Waals surface area contributed by atoms with Crippen LogP contribution in [0.3, 0.4) is 0 Å². The molecule has 0 fully saturated rings. The molecule has 0 spiro atoms. The second-order valence-electron chi connectivity index (χ2n) is 5.02. The van der Waals surface area contributed by atoms with Crippen LogP contribution in [0.2, 0.25) is 5.02 Å². The minimum absolute atomic E-state index is 0.417. The first kappa shape index (κ1) is 15.1. The van der Waals surface area contributed by atoms with Crippen molar-refractivity contribution in [2.24, 2.45) is 0 Å². The molecule has 0 aliphatic rings. The number of halogens is 1. The molecule has 0 aliphatic heterocycles. The Morgan fingerprint density at radius 3 is 2.32 bits per heavy atom. The summed E-state index contributed by atoms with van der Waals surface area (Å²) in [5.41, 5.74) is 1.97. The van der Waals surface area contributed by atoms with E-state index < -0.39 is 0 Å². The van der Waals surface area contributed by atoms with E-state index in [2.05, 4.69) is 33.6 Å². The molecular formula is C16H15ClN4S. The third-order valence-corrected chi connectivity index (χ3v) is 4.20. The van der Waals surface area contributed by atoms with Gasteiger partial charge in [0.1, 0.15) is 0 Å². The number of nitrogens with zero attached hydrogens (tertiary/aromatic N) is 4. The van der Waals surface area contributed by atoms with Crippen LogP contribution >= 0.6 is 23.4 Å². The van der Waals surface area contributed by atoms with Gasteiger partial charge in [-0.25, -0.2) is 0 Å². The standard InChI is InChI=1S/C16H15ClN4S/c1-11(2)22-16-20-19-15(12-7-9-18-10-8-12)21(16)14-5-3-13(17)4-6-14/h3-11H,1-2H3. The number of thioether (sulfide) groups is 1. The maximum absolute atomic E-state index is 6.00. The van der Waals surface area contributed by atoms with Crippen molar-refractivity contribution in [3.8, 4) is 17.1 Å². The zero-order valence-corrected chi connectivity index (χ0v) is 13.8. The van der Waals surface area contributed by atoms with Gasteiger partial charge >= 0.3 is 0 Å². The highest BCUT2D eigenvalue weighted by molar-refractivity contribution is 7.99. The summed E-state index contributed by atoms with van der Waals surface area (Å²) < 4.78 is 2.05. The monoisotopic (exact) mass is 330 g/mol. The number of hydrogen-bond acceptors (Lipinski definition) is 4. The van der Waals surface area contributed by atoms with Crippen LogP contribution in [0, 0.1) is 0 Å². The van der Waals surface area contributed by atoms with Gasteiger partial charge < -0.3 is 0 Å². The van der Waals surface area contributed by atoms with Crippen molar-refractivity contribution in [1.82, 2.24) is 19.7 Å². The summed E-state index contributed by atoms with van der Waals surface area (Å²) >= 11 is 7.68. The molecule has 0 atom stereocenters. The van der Waals surface area contributed by atoms with Crippen LogP contribution in [0.25, 0.3) is 17.1 Å². The van der Waals surface area contributed by atoms with Crippen LogP contribution in [-0.2, 0) is 0 Å². The van der Waals surface area contributed by atoms with E-state index in [4.69, 9.17) is 11.6 Å². The zero-order valence-electron chi connectivity index (χ0n) is 12.3. The molecule has 4 nitrogen and oxygen atoms in total. The second-order valence-corrected chi connectivity index (χ2v) is 7.00. The minimum Gasteiger partial charge on any atom is -0.270 e. The van der Waals surface area contributed by atoms with Gasteiger partial charge in [0.25, 0.3) is 0 Å². The van der Waals surface area contributed by atoms with Crippen molar-refractivity contribution in [3.63, 3.8) is 0 Å². The van der Waals surface area contributed by atoms with Crippen LogP contribution in [-0.4, -0.2) is 25.0 Å². The highest BCUT2D eigenvalue weighted by Gasteiger charge is 2.16. The van der Waals surface area contributed by atoms with Gasteiger partial charge in [0.2, 0.25) is 0 Å². The number of pyridine rings is 1. The molecule has 0 radical (unpaired) electrons. The summed E-state index contributed by atoms with van der Waals surface area (Å²) in [5.74, 6) is 0.799. The Hall–Kier alpha value is -1.85. The fourth-order valence-electron chi connectivity index (χ4n) is 2.07. The Balaban J connectivity index is 2.15. The number of aromatic nitrogens is 4. The van der Waals surface area contributed by atoms with E-state index >= 15 is 0 Å². The highest BCUT2D eigenvalue weighted by atomic mass is 35.5. The van der Waals surface area contributed by atoms with Crippen LogP contribution in [0.15, 0.2) is 53.9 Å². The number of hydrogen-bond donors (Lipinski definition) is 0. The van der Waals surface area contributed by atoms with E-state index in [0.29, 0.717) is 10.3 Å². The van der Waals surface area contributed by atoms with E-state index in [1.54, 1.807) is 24.2 Å². The maximum Gasteiger partial charge on any atom is 0.196 e. The van der Waals surface area contributed by atoms with Gasteiger partial charge in [0, 0.05) is 33.9 Å². The van der Waals surface area contributed by atoms with Gasteiger partial charge in [-0.2, -0.15) is 0 Å². The molecule has 22 heavy (non-hydrogen) atoms. The predicted molar refractivity (Wildman–Crippen MR) is 90.6 cm³/mol. The summed E-state index contributed by atoms with van der Waals surface area (Å²) in [7, 11) is 0. The van der Waals surface area contributed by atoms with Crippen molar-refractivity contribution in [2.45, 2.75) is 24.3 Å². The fourth-order valence-corrected chi connectivity index (χ4v) is 3.00. The number of rotatable bonds is 4. The lowest BCUT2D eigenvalue weighted by Gasteiger charge is -2.11. The average Bonchev–Trinajstić information content (AvgIpc) is 2.92. The van der Waals surface area contributed by atoms with Crippen LogP contribution < -0.4 is 0 Å². The fraction of sp³-hybridized carbons (Fsp3) is 0.188. The first-order valence-corrected chi connectivity index (χ1v) is 8.19. The molecule has 6 heteroatoms. The second kappa shape index (κ2) is 6.50. The molecule has 112 valence electrons. The average molecular weight is 331 g/mol. The molecule has 0 saturated carbocycles. The summed E-state index contributed by atoms with van der Waals surface area (Å²) in [6.07, 6.45) is 3.51. The minimum atomic E-state index is 0.417. The Labute approximate surface area is 138 Å². The van der Waals surface area contributed by atoms with E-state index in [1.807, 2.05) is 36.4 Å². The van der Waals surface area contributed by atoms with Crippen molar-refractivity contribution in [2.75, 3.05) is 0 Å². The molecule has 0 unspecified atom stereocenters. The molecule has 3 rings (SSSR count). The first-order valence-electron chi connectivity index (χ1n) is 6.93. The Morgan fingerprint density at radius 2 is 1.68 bits per heavy atom. The van der Waals surface area contributed by atoms with Gasteiger partial charge in [0.05, 0.1) is 0 Å². The molecule has 2 aromatic heterocycles. The normalized spacial score (nSPS) is 11.1. The molecule has 0 amide bonds. The molecule has 0 aliphatic carbocycles. The third kappa shape index (κ3) is 3.15. The van der Waals surface area contributed by atoms with Crippen molar-refractivity contribution in [1.29, 1.82) is 0 Å². The van der Waals surface area contributed by atoms with Crippen LogP contribution in [0.1, 0.15) is 13.8 Å². The van der Waals surface area contributed by atoms with Gasteiger partial charge in [-0.05, 0) is 36.4 Å². The lowest BCUT2D eigenvalue weighted by Crippen LogP contribution is -2.01. The Bertz CT molecular complexity index is 754. The van der Waals surface area contributed by atoms with E-state index in [1.165, 1.54) is 0 Å². The van der Waals surface area contributed by atoms with Gasteiger partial charge in [0.15, 0.2) is 11.0 Å². The summed E-state index contributed by atoms with van der Waals surface area (Å²) in [5, 5.41) is 10.7. The van der Waals surface area contributed by atoms with Crippen molar-refractivity contribution < 1.29 is 0 Å². The highest BCUT2D eigenvalue weighted by Crippen LogP contribution is 2.30.